The minimum Gasteiger partial charge on any atom is -0.497 e. The number of aryl methyl sites for hydroxylation is 1. The fourth-order valence-electron chi connectivity index (χ4n) is 2.07. The first kappa shape index (κ1) is 12.6. The van der Waals surface area contributed by atoms with Crippen LogP contribution in [0, 0.1) is 6.92 Å². The Balaban J connectivity index is 2.32. The molecule has 0 aliphatic carbocycles. The predicted octanol–water partition coefficient (Wildman–Crippen LogP) is 2.71. The van der Waals surface area contributed by atoms with Gasteiger partial charge in [-0.25, -0.2) is 0 Å². The van der Waals surface area contributed by atoms with Gasteiger partial charge in [-0.1, -0.05) is 12.1 Å². The highest BCUT2D eigenvalue weighted by molar-refractivity contribution is 5.35. The molecule has 1 atom stereocenters. The Bertz CT molecular complexity index is 508. The highest BCUT2D eigenvalue weighted by Gasteiger charge is 2.12. The van der Waals surface area contributed by atoms with E-state index in [2.05, 4.69) is 28.5 Å². The Morgan fingerprint density at radius 2 is 1.83 bits per heavy atom. The average molecular weight is 242 g/mol. The summed E-state index contributed by atoms with van der Waals surface area (Å²) in [7, 11) is 3.64. The molecule has 0 fully saturated rings. The third-order valence-corrected chi connectivity index (χ3v) is 2.99. The zero-order valence-electron chi connectivity index (χ0n) is 11.0. The number of hydrogen-bond acceptors (Lipinski definition) is 3. The fourth-order valence-corrected chi connectivity index (χ4v) is 2.07. The third kappa shape index (κ3) is 2.68. The van der Waals surface area contributed by atoms with E-state index in [-0.39, 0.29) is 6.04 Å². The van der Waals surface area contributed by atoms with E-state index in [4.69, 9.17) is 4.74 Å². The standard InChI is InChI=1S/C15H18N2O/c1-11-10-13(8-9-17-11)15(16-2)12-4-6-14(18-3)7-5-12/h4-10,15-16H,1-3H3. The zero-order valence-corrected chi connectivity index (χ0v) is 11.0. The van der Waals surface area contributed by atoms with Crippen molar-refractivity contribution in [2.24, 2.45) is 0 Å². The Morgan fingerprint density at radius 1 is 1.11 bits per heavy atom. The normalized spacial score (nSPS) is 12.2. The van der Waals surface area contributed by atoms with E-state index in [1.165, 1.54) is 11.1 Å². The molecule has 94 valence electrons. The van der Waals surface area contributed by atoms with E-state index < -0.39 is 0 Å². The Kier molecular flexibility index (Phi) is 3.95. The highest BCUT2D eigenvalue weighted by Crippen LogP contribution is 2.23. The van der Waals surface area contributed by atoms with Crippen molar-refractivity contribution in [1.29, 1.82) is 0 Å². The van der Waals surface area contributed by atoms with Gasteiger partial charge in [0.1, 0.15) is 5.75 Å². The second-order valence-electron chi connectivity index (χ2n) is 4.23. The summed E-state index contributed by atoms with van der Waals surface area (Å²) in [5.41, 5.74) is 3.46. The van der Waals surface area contributed by atoms with Crippen molar-refractivity contribution in [2.75, 3.05) is 14.2 Å². The van der Waals surface area contributed by atoms with Gasteiger partial charge in [-0.2, -0.15) is 0 Å². The number of benzene rings is 1. The molecule has 3 heteroatoms. The fraction of sp³-hybridized carbons (Fsp3) is 0.267. The molecule has 2 rings (SSSR count). The molecule has 0 saturated heterocycles. The lowest BCUT2D eigenvalue weighted by molar-refractivity contribution is 0.414. The Labute approximate surface area is 108 Å². The summed E-state index contributed by atoms with van der Waals surface area (Å²) in [6, 6.07) is 12.4. The van der Waals surface area contributed by atoms with Crippen molar-refractivity contribution in [3.8, 4) is 5.75 Å². The molecule has 1 heterocycles. The van der Waals surface area contributed by atoms with E-state index in [1.54, 1.807) is 7.11 Å². The monoisotopic (exact) mass is 242 g/mol. The summed E-state index contributed by atoms with van der Waals surface area (Å²) in [5.74, 6) is 0.875. The number of pyridine rings is 1. The number of nitrogens with one attached hydrogen (secondary N) is 1. The first-order valence-corrected chi connectivity index (χ1v) is 5.98. The molecule has 0 radical (unpaired) electrons. The summed E-state index contributed by atoms with van der Waals surface area (Å²) in [4.78, 5) is 4.23. The van der Waals surface area contributed by atoms with Crippen molar-refractivity contribution in [1.82, 2.24) is 10.3 Å². The van der Waals surface area contributed by atoms with Gasteiger partial charge in [0.2, 0.25) is 0 Å². The molecule has 3 nitrogen and oxygen atoms in total. The van der Waals surface area contributed by atoms with Crippen LogP contribution in [0.25, 0.3) is 0 Å². The third-order valence-electron chi connectivity index (χ3n) is 2.99. The quantitative estimate of drug-likeness (QED) is 0.895. The smallest absolute Gasteiger partial charge is 0.118 e. The summed E-state index contributed by atoms with van der Waals surface area (Å²) >= 11 is 0. The first-order chi connectivity index (χ1) is 8.74. The Hall–Kier alpha value is -1.87. The van der Waals surface area contributed by atoms with Crippen molar-refractivity contribution in [3.63, 3.8) is 0 Å². The maximum absolute atomic E-state index is 5.18. The molecule has 0 bridgehead atoms. The van der Waals surface area contributed by atoms with Crippen LogP contribution in [0.4, 0.5) is 0 Å². The van der Waals surface area contributed by atoms with Crippen LogP contribution in [0.5, 0.6) is 5.75 Å². The Morgan fingerprint density at radius 3 is 2.39 bits per heavy atom. The second kappa shape index (κ2) is 5.65. The van der Waals surface area contributed by atoms with Gasteiger partial charge >= 0.3 is 0 Å². The van der Waals surface area contributed by atoms with Gasteiger partial charge in [-0.15, -0.1) is 0 Å². The van der Waals surface area contributed by atoms with Crippen LogP contribution in [0.3, 0.4) is 0 Å². The van der Waals surface area contributed by atoms with Gasteiger partial charge in [0.15, 0.2) is 0 Å². The predicted molar refractivity (Wildman–Crippen MR) is 72.9 cm³/mol. The van der Waals surface area contributed by atoms with Gasteiger partial charge in [0.05, 0.1) is 13.2 Å². The number of rotatable bonds is 4. The molecule has 0 aliphatic heterocycles. The van der Waals surface area contributed by atoms with Gasteiger partial charge in [-0.05, 0) is 49.4 Å². The lowest BCUT2D eigenvalue weighted by Crippen LogP contribution is -2.17. The van der Waals surface area contributed by atoms with Crippen LogP contribution in [0.1, 0.15) is 22.9 Å². The number of aromatic nitrogens is 1. The van der Waals surface area contributed by atoms with Crippen LogP contribution in [-0.2, 0) is 0 Å². The molecule has 2 aromatic rings. The van der Waals surface area contributed by atoms with Crippen molar-refractivity contribution in [2.45, 2.75) is 13.0 Å². The second-order valence-corrected chi connectivity index (χ2v) is 4.23. The van der Waals surface area contributed by atoms with Gasteiger partial charge < -0.3 is 10.1 Å². The topological polar surface area (TPSA) is 34.1 Å². The van der Waals surface area contributed by atoms with Crippen LogP contribution >= 0.6 is 0 Å². The van der Waals surface area contributed by atoms with Crippen LogP contribution in [-0.4, -0.2) is 19.1 Å². The molecule has 1 aromatic carbocycles. The average Bonchev–Trinajstić information content (AvgIpc) is 2.40. The maximum atomic E-state index is 5.18. The lowest BCUT2D eigenvalue weighted by Gasteiger charge is -2.17. The molecule has 1 aromatic heterocycles. The summed E-state index contributed by atoms with van der Waals surface area (Å²) in [5, 5.41) is 3.33. The highest BCUT2D eigenvalue weighted by atomic mass is 16.5. The first-order valence-electron chi connectivity index (χ1n) is 5.98. The molecular formula is C15H18N2O. The van der Waals surface area contributed by atoms with Crippen molar-refractivity contribution < 1.29 is 4.74 Å². The SMILES string of the molecule is CNC(c1ccc(OC)cc1)c1ccnc(C)c1. The van der Waals surface area contributed by atoms with Crippen LogP contribution < -0.4 is 10.1 Å². The number of ether oxygens (including phenoxy) is 1. The maximum Gasteiger partial charge on any atom is 0.118 e. The minimum atomic E-state index is 0.178. The number of methoxy groups -OCH3 is 1. The van der Waals surface area contributed by atoms with E-state index in [0.717, 1.165) is 11.4 Å². The van der Waals surface area contributed by atoms with E-state index >= 15 is 0 Å². The largest absolute Gasteiger partial charge is 0.497 e. The van der Waals surface area contributed by atoms with Crippen LogP contribution in [0.2, 0.25) is 0 Å². The lowest BCUT2D eigenvalue weighted by atomic mass is 9.99. The molecular weight excluding hydrogens is 224 g/mol. The number of nitrogens with zero attached hydrogens (tertiary/aromatic N) is 1. The van der Waals surface area contributed by atoms with Gasteiger partial charge in [0.25, 0.3) is 0 Å². The van der Waals surface area contributed by atoms with Crippen molar-refractivity contribution >= 4 is 0 Å². The van der Waals surface area contributed by atoms with Gasteiger partial charge in [0, 0.05) is 11.9 Å². The van der Waals surface area contributed by atoms with E-state index in [9.17, 15) is 0 Å². The molecule has 0 aliphatic rings. The molecule has 18 heavy (non-hydrogen) atoms. The molecule has 0 saturated carbocycles. The zero-order chi connectivity index (χ0) is 13.0. The summed E-state index contributed by atoms with van der Waals surface area (Å²) < 4.78 is 5.18. The summed E-state index contributed by atoms with van der Waals surface area (Å²) in [6.07, 6.45) is 1.85. The molecule has 0 spiro atoms. The minimum absolute atomic E-state index is 0.178. The van der Waals surface area contributed by atoms with E-state index in [0.29, 0.717) is 0 Å². The van der Waals surface area contributed by atoms with Crippen molar-refractivity contribution in [3.05, 3.63) is 59.4 Å². The van der Waals surface area contributed by atoms with Crippen LogP contribution in [0.15, 0.2) is 42.6 Å². The summed E-state index contributed by atoms with van der Waals surface area (Å²) in [6.45, 7) is 2.00. The molecule has 0 amide bonds. The molecule has 1 N–H and O–H groups in total. The van der Waals surface area contributed by atoms with Gasteiger partial charge in [-0.3, -0.25) is 4.98 Å². The van der Waals surface area contributed by atoms with E-state index in [1.807, 2.05) is 38.4 Å². The molecule has 1 unspecified atom stereocenters. The number of hydrogen-bond donors (Lipinski definition) is 1.